The Labute approximate surface area is 105 Å². The second-order valence-electron chi connectivity index (χ2n) is 4.32. The van der Waals surface area contributed by atoms with Crippen molar-refractivity contribution in [2.75, 3.05) is 5.73 Å². The molecule has 4 heteroatoms. The summed E-state index contributed by atoms with van der Waals surface area (Å²) in [4.78, 5) is 4.77. The molecule has 17 heavy (non-hydrogen) atoms. The van der Waals surface area contributed by atoms with E-state index in [-0.39, 0.29) is 0 Å². The molecular formula is C13H16N2OS. The summed E-state index contributed by atoms with van der Waals surface area (Å²) in [7, 11) is 0. The first-order valence-electron chi connectivity index (χ1n) is 5.46. The zero-order valence-corrected chi connectivity index (χ0v) is 11.0. The highest BCUT2D eigenvalue weighted by Gasteiger charge is 2.17. The summed E-state index contributed by atoms with van der Waals surface area (Å²) in [6.07, 6.45) is 1.01. The molecule has 1 aromatic carbocycles. The fraction of sp³-hybridized carbons (Fsp3) is 0.308. The van der Waals surface area contributed by atoms with Crippen molar-refractivity contribution in [1.82, 2.24) is 4.98 Å². The van der Waals surface area contributed by atoms with Crippen molar-refractivity contribution in [2.24, 2.45) is 0 Å². The number of nitrogens with two attached hydrogens (primary N) is 1. The number of nitrogens with zero attached hydrogens (tertiary/aromatic N) is 1. The fourth-order valence-corrected chi connectivity index (χ4v) is 2.87. The van der Waals surface area contributed by atoms with Crippen molar-refractivity contribution in [3.8, 4) is 0 Å². The minimum atomic E-state index is -0.634. The van der Waals surface area contributed by atoms with Crippen molar-refractivity contribution < 1.29 is 5.11 Å². The van der Waals surface area contributed by atoms with Crippen LogP contribution in [-0.4, -0.2) is 10.1 Å². The van der Waals surface area contributed by atoms with E-state index in [0.717, 1.165) is 21.6 Å². The molecule has 3 N–H and O–H groups in total. The molecule has 0 spiro atoms. The zero-order chi connectivity index (χ0) is 12.6. The highest BCUT2D eigenvalue weighted by molar-refractivity contribution is 7.15. The van der Waals surface area contributed by atoms with E-state index in [1.807, 2.05) is 13.8 Å². The van der Waals surface area contributed by atoms with Crippen LogP contribution in [0.3, 0.4) is 0 Å². The van der Waals surface area contributed by atoms with Crippen LogP contribution < -0.4 is 5.73 Å². The highest BCUT2D eigenvalue weighted by Crippen LogP contribution is 2.32. The van der Waals surface area contributed by atoms with Gasteiger partial charge >= 0.3 is 0 Å². The Kier molecular flexibility index (Phi) is 3.17. The predicted octanol–water partition coefficient (Wildman–Crippen LogP) is 2.73. The molecule has 0 saturated carbocycles. The summed E-state index contributed by atoms with van der Waals surface area (Å²) in [6.45, 7) is 6.09. The molecule has 0 aliphatic carbocycles. The smallest absolute Gasteiger partial charge is 0.180 e. The maximum Gasteiger partial charge on any atom is 0.180 e. The molecule has 0 amide bonds. The molecular weight excluding hydrogens is 232 g/mol. The number of aliphatic hydroxyl groups excluding tert-OH is 1. The Bertz CT molecular complexity index is 525. The lowest BCUT2D eigenvalue weighted by Crippen LogP contribution is -2.03. The van der Waals surface area contributed by atoms with Crippen molar-refractivity contribution in [2.45, 2.75) is 26.9 Å². The summed E-state index contributed by atoms with van der Waals surface area (Å²) in [5.74, 6) is 0. The van der Waals surface area contributed by atoms with E-state index < -0.39 is 6.10 Å². The van der Waals surface area contributed by atoms with E-state index in [2.05, 4.69) is 24.0 Å². The summed E-state index contributed by atoms with van der Waals surface area (Å²) < 4.78 is 0. The first-order valence-corrected chi connectivity index (χ1v) is 6.27. The lowest BCUT2D eigenvalue weighted by Gasteiger charge is -2.16. The molecule has 90 valence electrons. The van der Waals surface area contributed by atoms with Crippen LogP contribution in [-0.2, 0) is 0 Å². The maximum atomic E-state index is 10.4. The van der Waals surface area contributed by atoms with Gasteiger partial charge in [0.25, 0.3) is 0 Å². The number of rotatable bonds is 2. The average Bonchev–Trinajstić information content (AvgIpc) is 2.63. The molecule has 1 atom stereocenters. The number of thiazole rings is 1. The largest absolute Gasteiger partial charge is 0.383 e. The van der Waals surface area contributed by atoms with Gasteiger partial charge in [-0.1, -0.05) is 29.0 Å². The molecule has 0 fully saturated rings. The SMILES string of the molecule is Cc1cc(C)c(C(O)c2cnc(N)s2)c(C)c1. The number of hydrogen-bond donors (Lipinski definition) is 2. The molecule has 0 aliphatic rings. The van der Waals surface area contributed by atoms with E-state index in [9.17, 15) is 5.11 Å². The monoisotopic (exact) mass is 248 g/mol. The van der Waals surface area contributed by atoms with Crippen molar-refractivity contribution >= 4 is 16.5 Å². The minimum Gasteiger partial charge on any atom is -0.383 e. The highest BCUT2D eigenvalue weighted by atomic mass is 32.1. The zero-order valence-electron chi connectivity index (χ0n) is 10.2. The molecule has 2 aromatic rings. The Morgan fingerprint density at radius 1 is 1.24 bits per heavy atom. The standard InChI is InChI=1S/C13H16N2OS/c1-7-4-8(2)11(9(3)5-7)12(16)10-6-15-13(14)17-10/h4-6,12,16H,1-3H3,(H2,14,15). The van der Waals surface area contributed by atoms with Crippen LogP contribution in [0.2, 0.25) is 0 Å². The first kappa shape index (κ1) is 12.1. The van der Waals surface area contributed by atoms with E-state index in [0.29, 0.717) is 5.13 Å². The van der Waals surface area contributed by atoms with E-state index in [1.165, 1.54) is 16.9 Å². The Morgan fingerprint density at radius 3 is 2.29 bits per heavy atom. The van der Waals surface area contributed by atoms with E-state index in [4.69, 9.17) is 5.73 Å². The van der Waals surface area contributed by atoms with Crippen LogP contribution in [0.4, 0.5) is 5.13 Å². The van der Waals surface area contributed by atoms with Crippen molar-refractivity contribution in [1.29, 1.82) is 0 Å². The summed E-state index contributed by atoms with van der Waals surface area (Å²) >= 11 is 1.33. The van der Waals surface area contributed by atoms with Crippen LogP contribution in [0.25, 0.3) is 0 Å². The number of nitrogen functional groups attached to an aromatic ring is 1. The first-order chi connectivity index (χ1) is 7.99. The van der Waals surface area contributed by atoms with Crippen LogP contribution in [0, 0.1) is 20.8 Å². The van der Waals surface area contributed by atoms with Gasteiger partial charge in [0.15, 0.2) is 5.13 Å². The lowest BCUT2D eigenvalue weighted by atomic mass is 9.95. The predicted molar refractivity (Wildman–Crippen MR) is 71.2 cm³/mol. The average molecular weight is 248 g/mol. The van der Waals surface area contributed by atoms with Gasteiger partial charge in [-0.2, -0.15) is 0 Å². The van der Waals surface area contributed by atoms with Crippen molar-refractivity contribution in [3.63, 3.8) is 0 Å². The summed E-state index contributed by atoms with van der Waals surface area (Å²) in [6, 6.07) is 4.16. The topological polar surface area (TPSA) is 59.1 Å². The van der Waals surface area contributed by atoms with Gasteiger partial charge < -0.3 is 10.8 Å². The van der Waals surface area contributed by atoms with Crippen LogP contribution in [0.5, 0.6) is 0 Å². The quantitative estimate of drug-likeness (QED) is 0.859. The van der Waals surface area contributed by atoms with Gasteiger partial charge in [-0.25, -0.2) is 4.98 Å². The van der Waals surface area contributed by atoms with Gasteiger partial charge in [0.1, 0.15) is 6.10 Å². The normalized spacial score (nSPS) is 12.7. The van der Waals surface area contributed by atoms with E-state index >= 15 is 0 Å². The second-order valence-corrected chi connectivity index (χ2v) is 5.41. The Morgan fingerprint density at radius 2 is 1.82 bits per heavy atom. The molecule has 0 saturated heterocycles. The fourth-order valence-electron chi connectivity index (χ4n) is 2.19. The molecule has 2 rings (SSSR count). The number of anilines is 1. The lowest BCUT2D eigenvalue weighted by molar-refractivity contribution is 0.222. The molecule has 1 unspecified atom stereocenters. The Balaban J connectivity index is 2.47. The molecule has 3 nitrogen and oxygen atoms in total. The molecule has 0 aliphatic heterocycles. The number of aliphatic hydroxyl groups is 1. The van der Waals surface area contributed by atoms with Gasteiger partial charge in [-0.15, -0.1) is 0 Å². The third-order valence-corrected chi connectivity index (χ3v) is 3.70. The third kappa shape index (κ3) is 2.33. The van der Waals surface area contributed by atoms with Gasteiger partial charge in [0, 0.05) is 6.20 Å². The summed E-state index contributed by atoms with van der Waals surface area (Å²) in [5.41, 5.74) is 9.95. The third-order valence-electron chi connectivity index (χ3n) is 2.82. The number of aryl methyl sites for hydroxylation is 3. The van der Waals surface area contributed by atoms with Gasteiger partial charge in [0.2, 0.25) is 0 Å². The molecule has 0 bridgehead atoms. The molecule has 0 radical (unpaired) electrons. The second kappa shape index (κ2) is 4.47. The van der Waals surface area contributed by atoms with Crippen molar-refractivity contribution in [3.05, 3.63) is 45.5 Å². The van der Waals surface area contributed by atoms with Gasteiger partial charge in [0.05, 0.1) is 4.88 Å². The van der Waals surface area contributed by atoms with Crippen LogP contribution in [0.15, 0.2) is 18.3 Å². The maximum absolute atomic E-state index is 10.4. The van der Waals surface area contributed by atoms with Gasteiger partial charge in [-0.3, -0.25) is 0 Å². The minimum absolute atomic E-state index is 0.487. The number of aromatic nitrogens is 1. The number of benzene rings is 1. The van der Waals surface area contributed by atoms with E-state index in [1.54, 1.807) is 6.20 Å². The molecule has 1 aromatic heterocycles. The summed E-state index contributed by atoms with van der Waals surface area (Å²) in [5, 5.41) is 10.9. The Hall–Kier alpha value is -1.39. The number of hydrogen-bond acceptors (Lipinski definition) is 4. The van der Waals surface area contributed by atoms with Crippen LogP contribution >= 0.6 is 11.3 Å². The van der Waals surface area contributed by atoms with Crippen LogP contribution in [0.1, 0.15) is 33.2 Å². The van der Waals surface area contributed by atoms with Gasteiger partial charge in [-0.05, 0) is 37.5 Å². The molecule has 1 heterocycles.